The van der Waals surface area contributed by atoms with Crippen molar-refractivity contribution in [3.8, 4) is 5.75 Å². The highest BCUT2D eigenvalue weighted by Gasteiger charge is 2.15. The van der Waals surface area contributed by atoms with Gasteiger partial charge >= 0.3 is 0 Å². The van der Waals surface area contributed by atoms with Gasteiger partial charge in [-0.15, -0.1) is 0 Å². The molecule has 0 aliphatic heterocycles. The molecule has 0 amide bonds. The van der Waals surface area contributed by atoms with Gasteiger partial charge in [0.05, 0.1) is 6.04 Å². The maximum atomic E-state index is 6.26. The lowest BCUT2D eigenvalue weighted by molar-refractivity contribution is 0.268. The van der Waals surface area contributed by atoms with Gasteiger partial charge in [0.15, 0.2) is 0 Å². The van der Waals surface area contributed by atoms with Gasteiger partial charge in [-0.1, -0.05) is 47.8 Å². The maximum absolute atomic E-state index is 6.26. The molecule has 112 valence electrons. The zero-order valence-corrected chi connectivity index (χ0v) is 13.8. The number of benzene rings is 2. The molecule has 2 rings (SSSR count). The highest BCUT2D eigenvalue weighted by molar-refractivity contribution is 6.33. The summed E-state index contributed by atoms with van der Waals surface area (Å²) in [5.74, 6) is 0.726. The number of nitrogens with one attached hydrogen (secondary N) is 1. The summed E-state index contributed by atoms with van der Waals surface area (Å²) in [6.45, 7) is 3.27. The molecule has 0 aliphatic rings. The third-order valence-electron chi connectivity index (χ3n) is 3.00. The second kappa shape index (κ2) is 7.90. The van der Waals surface area contributed by atoms with Gasteiger partial charge in [-0.3, -0.25) is 0 Å². The van der Waals surface area contributed by atoms with Crippen molar-refractivity contribution < 1.29 is 4.74 Å². The van der Waals surface area contributed by atoms with Gasteiger partial charge in [0.1, 0.15) is 12.4 Å². The number of ether oxygens (including phenoxy) is 1. The number of hydrogen-bond acceptors (Lipinski definition) is 2. The normalized spacial score (nSPS) is 12.2. The Balaban J connectivity index is 2.13. The Morgan fingerprint density at radius 1 is 1.05 bits per heavy atom. The summed E-state index contributed by atoms with van der Waals surface area (Å²) in [6, 6.07) is 12.7. The lowest BCUT2D eigenvalue weighted by Gasteiger charge is -2.20. The largest absolute Gasteiger partial charge is 0.492 e. The van der Waals surface area contributed by atoms with E-state index >= 15 is 0 Å². The Morgan fingerprint density at radius 3 is 2.52 bits per heavy atom. The number of hydrogen-bond donors (Lipinski definition) is 1. The van der Waals surface area contributed by atoms with Crippen LogP contribution < -0.4 is 10.1 Å². The van der Waals surface area contributed by atoms with E-state index in [2.05, 4.69) is 5.32 Å². The minimum atomic E-state index is -0.0415. The van der Waals surface area contributed by atoms with Crippen LogP contribution in [0.15, 0.2) is 42.5 Å². The average molecular weight is 345 g/mol. The molecule has 2 aromatic carbocycles. The third kappa shape index (κ3) is 4.79. The van der Waals surface area contributed by atoms with E-state index in [1.807, 2.05) is 31.2 Å². The average Bonchev–Trinajstić information content (AvgIpc) is 2.46. The molecule has 2 aromatic rings. The molecule has 21 heavy (non-hydrogen) atoms. The highest BCUT2D eigenvalue weighted by atomic mass is 35.5. The van der Waals surface area contributed by atoms with Crippen molar-refractivity contribution in [2.24, 2.45) is 0 Å². The summed E-state index contributed by atoms with van der Waals surface area (Å²) in [5, 5.41) is 5.32. The number of halogens is 3. The fourth-order valence-electron chi connectivity index (χ4n) is 2.02. The molecule has 1 unspecified atom stereocenters. The molecule has 0 saturated carbocycles. The lowest BCUT2D eigenvalue weighted by Crippen LogP contribution is -2.27. The van der Waals surface area contributed by atoms with Crippen molar-refractivity contribution in [1.82, 2.24) is 5.32 Å². The van der Waals surface area contributed by atoms with Crippen molar-refractivity contribution in [1.29, 1.82) is 0 Å². The van der Waals surface area contributed by atoms with Crippen LogP contribution in [0.25, 0.3) is 0 Å². The molecular formula is C16H16Cl3NO. The van der Waals surface area contributed by atoms with Crippen molar-refractivity contribution in [2.75, 3.05) is 13.2 Å². The maximum Gasteiger partial charge on any atom is 0.120 e. The van der Waals surface area contributed by atoms with Crippen LogP contribution in [0, 0.1) is 0 Å². The standard InChI is InChI=1S/C16H16Cl3NO/c1-2-20-16(14-9-12(18)6-7-15(14)19)10-21-13-5-3-4-11(17)8-13/h3-9,16,20H,2,10H2,1H3. The molecule has 0 bridgehead atoms. The van der Waals surface area contributed by atoms with Crippen molar-refractivity contribution in [2.45, 2.75) is 13.0 Å². The molecular weight excluding hydrogens is 329 g/mol. The molecule has 1 N–H and O–H groups in total. The zero-order valence-electron chi connectivity index (χ0n) is 11.6. The predicted molar refractivity (Wildman–Crippen MR) is 89.8 cm³/mol. The van der Waals surface area contributed by atoms with Crippen molar-refractivity contribution >= 4 is 34.8 Å². The van der Waals surface area contributed by atoms with Gasteiger partial charge in [-0.25, -0.2) is 0 Å². The molecule has 0 aliphatic carbocycles. The fraction of sp³-hybridized carbons (Fsp3) is 0.250. The Hall–Kier alpha value is -0.930. The summed E-state index contributed by atoms with van der Waals surface area (Å²) in [4.78, 5) is 0. The molecule has 0 fully saturated rings. The van der Waals surface area contributed by atoms with E-state index in [0.29, 0.717) is 21.7 Å². The van der Waals surface area contributed by atoms with E-state index in [0.717, 1.165) is 17.9 Å². The van der Waals surface area contributed by atoms with Gasteiger partial charge in [0.2, 0.25) is 0 Å². The Bertz CT molecular complexity index is 604. The molecule has 0 spiro atoms. The third-order valence-corrected chi connectivity index (χ3v) is 3.81. The Kier molecular flexibility index (Phi) is 6.19. The molecule has 2 nitrogen and oxygen atoms in total. The number of rotatable bonds is 6. The van der Waals surface area contributed by atoms with Crippen molar-refractivity contribution in [3.63, 3.8) is 0 Å². The van der Waals surface area contributed by atoms with E-state index in [4.69, 9.17) is 39.5 Å². The topological polar surface area (TPSA) is 21.3 Å². The Morgan fingerprint density at radius 2 is 1.81 bits per heavy atom. The monoisotopic (exact) mass is 343 g/mol. The van der Waals surface area contributed by atoms with Crippen molar-refractivity contribution in [3.05, 3.63) is 63.1 Å². The first-order chi connectivity index (χ1) is 10.1. The van der Waals surface area contributed by atoms with E-state index in [9.17, 15) is 0 Å². The van der Waals surface area contributed by atoms with Gasteiger partial charge in [0.25, 0.3) is 0 Å². The first kappa shape index (κ1) is 16.4. The molecule has 5 heteroatoms. The van der Waals surface area contributed by atoms with Gasteiger partial charge in [-0.2, -0.15) is 0 Å². The zero-order chi connectivity index (χ0) is 15.2. The first-order valence-corrected chi connectivity index (χ1v) is 7.80. The molecule has 0 aromatic heterocycles. The minimum absolute atomic E-state index is 0.0415. The summed E-state index contributed by atoms with van der Waals surface area (Å²) in [7, 11) is 0. The molecule has 1 atom stereocenters. The van der Waals surface area contributed by atoms with Crippen LogP contribution in [-0.4, -0.2) is 13.2 Å². The highest BCUT2D eigenvalue weighted by Crippen LogP contribution is 2.27. The predicted octanol–water partition coefficient (Wildman–Crippen LogP) is 5.38. The van der Waals surface area contributed by atoms with Gasteiger partial charge < -0.3 is 10.1 Å². The Labute approximate surface area is 140 Å². The summed E-state index contributed by atoms with van der Waals surface area (Å²) < 4.78 is 5.80. The number of likely N-dealkylation sites (N-methyl/N-ethyl adjacent to an activating group) is 1. The van der Waals surface area contributed by atoms with Crippen LogP contribution in [-0.2, 0) is 0 Å². The minimum Gasteiger partial charge on any atom is -0.492 e. The van der Waals surface area contributed by atoms with Crippen LogP contribution in [0.3, 0.4) is 0 Å². The first-order valence-electron chi connectivity index (χ1n) is 6.67. The summed E-state index contributed by atoms with van der Waals surface area (Å²) >= 11 is 18.3. The van der Waals surface area contributed by atoms with Crippen LogP contribution in [0.4, 0.5) is 0 Å². The summed E-state index contributed by atoms with van der Waals surface area (Å²) in [5.41, 5.74) is 0.924. The van der Waals surface area contributed by atoms with Crippen LogP contribution >= 0.6 is 34.8 Å². The van der Waals surface area contributed by atoms with Gasteiger partial charge in [0, 0.05) is 15.1 Å². The van der Waals surface area contributed by atoms with E-state index in [-0.39, 0.29) is 6.04 Å². The van der Waals surface area contributed by atoms with E-state index in [1.54, 1.807) is 18.2 Å². The second-order valence-electron chi connectivity index (χ2n) is 4.54. The van der Waals surface area contributed by atoms with Crippen LogP contribution in [0.2, 0.25) is 15.1 Å². The SMILES string of the molecule is CCNC(COc1cccc(Cl)c1)c1cc(Cl)ccc1Cl. The van der Waals surface area contributed by atoms with E-state index < -0.39 is 0 Å². The fourth-order valence-corrected chi connectivity index (χ4v) is 2.63. The van der Waals surface area contributed by atoms with Crippen LogP contribution in [0.1, 0.15) is 18.5 Å². The molecule has 0 heterocycles. The summed E-state index contributed by atoms with van der Waals surface area (Å²) in [6.07, 6.45) is 0. The lowest BCUT2D eigenvalue weighted by atomic mass is 10.1. The smallest absolute Gasteiger partial charge is 0.120 e. The molecule has 0 saturated heterocycles. The quantitative estimate of drug-likeness (QED) is 0.760. The molecule has 0 radical (unpaired) electrons. The van der Waals surface area contributed by atoms with Gasteiger partial charge in [-0.05, 0) is 48.5 Å². The second-order valence-corrected chi connectivity index (χ2v) is 5.82. The van der Waals surface area contributed by atoms with Crippen LogP contribution in [0.5, 0.6) is 5.75 Å². The van der Waals surface area contributed by atoms with E-state index in [1.165, 1.54) is 0 Å².